The van der Waals surface area contributed by atoms with Gasteiger partial charge in [-0.25, -0.2) is 4.79 Å². The van der Waals surface area contributed by atoms with Gasteiger partial charge in [0.1, 0.15) is 12.1 Å². The molecule has 41 heavy (non-hydrogen) atoms. The van der Waals surface area contributed by atoms with Gasteiger partial charge in [-0.1, -0.05) is 51.1 Å². The second kappa shape index (κ2) is 8.77. The van der Waals surface area contributed by atoms with Gasteiger partial charge in [-0.15, -0.1) is 0 Å². The number of carbonyl (C=O) groups is 2. The molecule has 1 aromatic carbocycles. The highest BCUT2D eigenvalue weighted by molar-refractivity contribution is 5.95. The number of aliphatic hydroxyl groups is 1. The first kappa shape index (κ1) is 27.4. The summed E-state index contributed by atoms with van der Waals surface area (Å²) in [6.45, 7) is 13.2. The summed E-state index contributed by atoms with van der Waals surface area (Å²) in [4.78, 5) is 31.0. The Balaban J connectivity index is 1.32. The van der Waals surface area contributed by atoms with Crippen molar-refractivity contribution in [2.75, 3.05) is 18.1 Å². The summed E-state index contributed by atoms with van der Waals surface area (Å²) in [5, 5.41) is 13.2. The number of para-hydroxylation sites is 1. The number of Topliss-reactive ketones (excluding diaryl/α,β-unsaturated/α-hetero) is 1. The summed E-state index contributed by atoms with van der Waals surface area (Å²) in [6.07, 6.45) is 4.52. The molecule has 6 aliphatic rings. The fourth-order valence-corrected chi connectivity index (χ4v) is 9.43. The van der Waals surface area contributed by atoms with Crippen molar-refractivity contribution < 1.29 is 28.9 Å². The molecule has 0 amide bonds. The van der Waals surface area contributed by atoms with Crippen LogP contribution in [0.25, 0.3) is 0 Å². The van der Waals surface area contributed by atoms with E-state index in [1.807, 2.05) is 63.3 Å². The van der Waals surface area contributed by atoms with Gasteiger partial charge in [-0.2, -0.15) is 0 Å². The molecular weight excluding hydrogens is 518 g/mol. The molecule has 7 heteroatoms. The van der Waals surface area contributed by atoms with Gasteiger partial charge in [0.15, 0.2) is 23.3 Å². The summed E-state index contributed by atoms with van der Waals surface area (Å²) in [5.74, 6) is -1.23. The Morgan fingerprint density at radius 1 is 1.15 bits per heavy atom. The van der Waals surface area contributed by atoms with E-state index in [-0.39, 0.29) is 41.5 Å². The minimum atomic E-state index is -1.79. The Kier molecular flexibility index (Phi) is 5.85. The summed E-state index contributed by atoms with van der Waals surface area (Å²) < 4.78 is 19.0. The third-order valence-electron chi connectivity index (χ3n) is 11.5. The number of esters is 1. The molecule has 1 N–H and O–H groups in total. The molecule has 7 rings (SSSR count). The van der Waals surface area contributed by atoms with Gasteiger partial charge in [0.25, 0.3) is 0 Å². The zero-order valence-corrected chi connectivity index (χ0v) is 25.1. The van der Waals surface area contributed by atoms with Crippen LogP contribution in [0.15, 0.2) is 53.6 Å². The van der Waals surface area contributed by atoms with Crippen molar-refractivity contribution in [3.63, 3.8) is 0 Å². The van der Waals surface area contributed by atoms with Crippen molar-refractivity contribution in [2.45, 2.75) is 90.4 Å². The normalized spacial score (nSPS) is 43.5. The quantitative estimate of drug-likeness (QED) is 0.418. The molecular formula is C34H43NO6. The van der Waals surface area contributed by atoms with Gasteiger partial charge in [-0.05, 0) is 86.5 Å². The Bertz CT molecular complexity index is 1350. The zero-order valence-electron chi connectivity index (χ0n) is 25.1. The maximum absolute atomic E-state index is 14.9. The number of anilines is 1. The first-order valence-corrected chi connectivity index (χ1v) is 15.3. The fourth-order valence-electron chi connectivity index (χ4n) is 9.43. The molecule has 2 saturated heterocycles. The lowest BCUT2D eigenvalue weighted by Crippen LogP contribution is -2.68. The standard InChI is InChI=1S/C34H43NO6/c1-19-17-33-20(2)15-24-26(31(24,3)4)23(27(33)36)16-21-18-39-32(5,6)41-29(21)34(33,38)28(19)40-30(37)25-13-10-14-35(25)22-11-8-7-9-12-22/h7-9,11-12,16-17,20,23-26,28-29,38H,10,13-15,18H2,1-6H3/t20-,23+,24-,25+,26+,28+,29-,33+,34-/m1/s1. The van der Waals surface area contributed by atoms with Crippen molar-refractivity contribution in [1.82, 2.24) is 0 Å². The Hall–Kier alpha value is -2.48. The van der Waals surface area contributed by atoms with Gasteiger partial charge in [0, 0.05) is 18.2 Å². The zero-order chi connectivity index (χ0) is 29.1. The molecule has 7 nitrogen and oxygen atoms in total. The minimum Gasteiger partial charge on any atom is -0.453 e. The van der Waals surface area contributed by atoms with E-state index >= 15 is 0 Å². The Morgan fingerprint density at radius 3 is 2.61 bits per heavy atom. The third-order valence-corrected chi connectivity index (χ3v) is 11.5. The summed E-state index contributed by atoms with van der Waals surface area (Å²) in [7, 11) is 0. The number of rotatable bonds is 3. The van der Waals surface area contributed by atoms with E-state index in [1.54, 1.807) is 0 Å². The lowest BCUT2D eigenvalue weighted by molar-refractivity contribution is -0.304. The number of carbonyl (C=O) groups excluding carboxylic acids is 2. The Labute approximate surface area is 242 Å². The molecule has 220 valence electrons. The van der Waals surface area contributed by atoms with Crippen LogP contribution in [0.2, 0.25) is 0 Å². The molecule has 2 saturated carbocycles. The monoisotopic (exact) mass is 561 g/mol. The molecule has 4 aliphatic carbocycles. The number of hydrogen-bond donors (Lipinski definition) is 1. The van der Waals surface area contributed by atoms with Crippen molar-refractivity contribution in [2.24, 2.45) is 34.5 Å². The minimum absolute atomic E-state index is 0.0264. The molecule has 9 atom stereocenters. The molecule has 0 radical (unpaired) electrons. The molecule has 2 heterocycles. The molecule has 1 spiro atoms. The van der Waals surface area contributed by atoms with Crippen LogP contribution in [-0.4, -0.2) is 59.6 Å². The van der Waals surface area contributed by atoms with Crippen molar-refractivity contribution in [1.29, 1.82) is 0 Å². The first-order chi connectivity index (χ1) is 19.3. The molecule has 1 aromatic rings. The molecule has 4 fully saturated rings. The van der Waals surface area contributed by atoms with Crippen LogP contribution in [-0.2, 0) is 23.8 Å². The van der Waals surface area contributed by atoms with Crippen molar-refractivity contribution in [3.8, 4) is 0 Å². The number of benzene rings is 1. The highest BCUT2D eigenvalue weighted by atomic mass is 16.7. The number of allylic oxidation sites excluding steroid dienone is 1. The van der Waals surface area contributed by atoms with Crippen LogP contribution in [0.4, 0.5) is 5.69 Å². The highest BCUT2D eigenvalue weighted by Gasteiger charge is 2.77. The average Bonchev–Trinajstić information content (AvgIpc) is 3.21. The van der Waals surface area contributed by atoms with E-state index in [0.717, 1.165) is 30.6 Å². The number of ketones is 1. The first-order valence-electron chi connectivity index (χ1n) is 15.3. The lowest BCUT2D eigenvalue weighted by Gasteiger charge is -2.52. The van der Waals surface area contributed by atoms with E-state index < -0.39 is 35.1 Å². The molecule has 0 unspecified atom stereocenters. The topological polar surface area (TPSA) is 85.3 Å². The smallest absolute Gasteiger partial charge is 0.329 e. The van der Waals surface area contributed by atoms with E-state index in [9.17, 15) is 14.7 Å². The fraction of sp³-hybridized carbons (Fsp3) is 0.647. The predicted octanol–water partition coefficient (Wildman–Crippen LogP) is 4.83. The van der Waals surface area contributed by atoms with Crippen LogP contribution >= 0.6 is 0 Å². The van der Waals surface area contributed by atoms with Crippen molar-refractivity contribution >= 4 is 17.4 Å². The summed E-state index contributed by atoms with van der Waals surface area (Å²) in [5.41, 5.74) is -0.504. The highest BCUT2D eigenvalue weighted by Crippen LogP contribution is 2.72. The van der Waals surface area contributed by atoms with E-state index in [0.29, 0.717) is 17.9 Å². The summed E-state index contributed by atoms with van der Waals surface area (Å²) in [6, 6.07) is 9.46. The van der Waals surface area contributed by atoms with Gasteiger partial charge in [0.05, 0.1) is 12.0 Å². The molecule has 2 bridgehead atoms. The number of ether oxygens (including phenoxy) is 3. The van der Waals surface area contributed by atoms with Gasteiger partial charge < -0.3 is 24.2 Å². The van der Waals surface area contributed by atoms with Crippen LogP contribution in [0.5, 0.6) is 0 Å². The average molecular weight is 562 g/mol. The Morgan fingerprint density at radius 2 is 1.88 bits per heavy atom. The maximum Gasteiger partial charge on any atom is 0.329 e. The van der Waals surface area contributed by atoms with E-state index in [1.165, 1.54) is 0 Å². The number of hydrogen-bond acceptors (Lipinski definition) is 7. The maximum atomic E-state index is 14.9. The molecule has 2 aliphatic heterocycles. The molecule has 0 aromatic heterocycles. The van der Waals surface area contributed by atoms with Gasteiger partial charge in [-0.3, -0.25) is 4.79 Å². The van der Waals surface area contributed by atoms with Crippen LogP contribution in [0.3, 0.4) is 0 Å². The second-order valence-electron chi connectivity index (χ2n) is 14.5. The van der Waals surface area contributed by atoms with E-state index in [4.69, 9.17) is 14.2 Å². The SMILES string of the molecule is CC1=C[C@]23C(=O)[C@@H](C=C4COC(C)(C)O[C@H]4[C@]2(O)[C@H]1OC(=O)[C@@H]1CCCN1c1ccccc1)[C@H]1[C@@H](C[C@H]3C)C1(C)C. The van der Waals surface area contributed by atoms with E-state index in [2.05, 4.69) is 25.7 Å². The number of nitrogens with zero attached hydrogens (tertiary/aromatic N) is 1. The largest absolute Gasteiger partial charge is 0.453 e. The third kappa shape index (κ3) is 3.61. The summed E-state index contributed by atoms with van der Waals surface area (Å²) >= 11 is 0. The lowest BCUT2D eigenvalue weighted by atomic mass is 9.59. The van der Waals surface area contributed by atoms with Gasteiger partial charge >= 0.3 is 5.97 Å². The van der Waals surface area contributed by atoms with Crippen LogP contribution in [0.1, 0.15) is 60.8 Å². The van der Waals surface area contributed by atoms with Crippen LogP contribution < -0.4 is 4.90 Å². The number of fused-ring (bicyclic) bond motifs is 5. The van der Waals surface area contributed by atoms with Gasteiger partial charge in [0.2, 0.25) is 0 Å². The van der Waals surface area contributed by atoms with Crippen molar-refractivity contribution in [3.05, 3.63) is 53.6 Å². The van der Waals surface area contributed by atoms with Crippen LogP contribution in [0, 0.1) is 34.5 Å². The predicted molar refractivity (Wildman–Crippen MR) is 154 cm³/mol. The second-order valence-corrected chi connectivity index (χ2v) is 14.5.